The van der Waals surface area contributed by atoms with Crippen LogP contribution >= 0.6 is 23.7 Å². The van der Waals surface area contributed by atoms with Crippen LogP contribution in [0.3, 0.4) is 0 Å². The molecule has 0 fully saturated rings. The molecule has 2 aromatic carbocycles. The molecule has 0 aliphatic heterocycles. The maximum atomic E-state index is 12.2. The fourth-order valence-corrected chi connectivity index (χ4v) is 4.04. The minimum absolute atomic E-state index is 0. The lowest BCUT2D eigenvalue weighted by molar-refractivity contribution is 0.478. The van der Waals surface area contributed by atoms with Crippen LogP contribution in [-0.2, 0) is 6.54 Å². The van der Waals surface area contributed by atoms with Gasteiger partial charge in [0.1, 0.15) is 10.4 Å². The summed E-state index contributed by atoms with van der Waals surface area (Å²) in [5.41, 5.74) is 3.52. The zero-order chi connectivity index (χ0) is 18.3. The summed E-state index contributed by atoms with van der Waals surface area (Å²) >= 11 is 1.42. The number of nitrogens with one attached hydrogen (secondary N) is 2. The zero-order valence-corrected chi connectivity index (χ0v) is 16.7. The second-order valence-corrected chi connectivity index (χ2v) is 7.65. The van der Waals surface area contributed by atoms with E-state index in [4.69, 9.17) is 0 Å². The van der Waals surface area contributed by atoms with Gasteiger partial charge in [-0.25, -0.2) is 0 Å². The summed E-state index contributed by atoms with van der Waals surface area (Å²) in [5, 5.41) is 17.6. The van der Waals surface area contributed by atoms with Gasteiger partial charge in [-0.1, -0.05) is 38.1 Å². The number of phenols is 1. The van der Waals surface area contributed by atoms with Gasteiger partial charge < -0.3 is 15.4 Å². The van der Waals surface area contributed by atoms with Gasteiger partial charge in [0.2, 0.25) is 0 Å². The predicted octanol–water partition coefficient (Wildman–Crippen LogP) is 5.04. The monoisotopic (exact) mass is 400 g/mol. The Morgan fingerprint density at radius 3 is 2.56 bits per heavy atom. The third kappa shape index (κ3) is 3.58. The highest BCUT2D eigenvalue weighted by molar-refractivity contribution is 7.17. The third-order valence-corrected chi connectivity index (χ3v) is 5.44. The van der Waals surface area contributed by atoms with Crippen LogP contribution in [0.4, 0.5) is 0 Å². The maximum absolute atomic E-state index is 12.2. The number of rotatable bonds is 4. The maximum Gasteiger partial charge on any atom is 0.266 e. The molecule has 27 heavy (non-hydrogen) atoms. The highest BCUT2D eigenvalue weighted by Gasteiger charge is 2.15. The molecule has 4 nitrogen and oxygen atoms in total. The van der Waals surface area contributed by atoms with Crippen LogP contribution in [0.25, 0.3) is 32.1 Å². The smallest absolute Gasteiger partial charge is 0.266 e. The number of fused-ring (bicyclic) bond motifs is 3. The lowest BCUT2D eigenvalue weighted by Gasteiger charge is -2.12. The molecule has 4 rings (SSSR count). The number of aromatic hydroxyl groups is 1. The molecule has 0 atom stereocenters. The van der Waals surface area contributed by atoms with Crippen molar-refractivity contribution in [2.24, 2.45) is 0 Å². The number of H-pyrrole nitrogens is 1. The summed E-state index contributed by atoms with van der Waals surface area (Å²) in [4.78, 5) is 15.2. The minimum Gasteiger partial charge on any atom is -0.507 e. The summed E-state index contributed by atoms with van der Waals surface area (Å²) in [5.74, 6) is 0.213. The topological polar surface area (TPSA) is 65.1 Å². The SMILES string of the molecule is CC(C)NCc1ccc(-c2c(O)ccc3[nH]c(=O)c4sccc4c23)cc1.Cl. The first-order chi connectivity index (χ1) is 12.5. The van der Waals surface area contributed by atoms with Crippen LogP contribution in [0.15, 0.2) is 52.6 Å². The van der Waals surface area contributed by atoms with Gasteiger partial charge in [-0.2, -0.15) is 0 Å². The van der Waals surface area contributed by atoms with Crippen LogP contribution in [0.2, 0.25) is 0 Å². The van der Waals surface area contributed by atoms with Crippen molar-refractivity contribution in [2.75, 3.05) is 0 Å². The second-order valence-electron chi connectivity index (χ2n) is 6.73. The highest BCUT2D eigenvalue weighted by atomic mass is 35.5. The number of aromatic nitrogens is 1. The van der Waals surface area contributed by atoms with Crippen molar-refractivity contribution < 1.29 is 5.11 Å². The number of hydrogen-bond acceptors (Lipinski definition) is 4. The van der Waals surface area contributed by atoms with Crippen molar-refractivity contribution in [1.82, 2.24) is 10.3 Å². The lowest BCUT2D eigenvalue weighted by Crippen LogP contribution is -2.21. The summed E-state index contributed by atoms with van der Waals surface area (Å²) in [7, 11) is 0. The van der Waals surface area contributed by atoms with Gasteiger partial charge in [-0.15, -0.1) is 23.7 Å². The highest BCUT2D eigenvalue weighted by Crippen LogP contribution is 2.39. The van der Waals surface area contributed by atoms with E-state index in [1.165, 1.54) is 16.9 Å². The molecule has 0 spiro atoms. The van der Waals surface area contributed by atoms with E-state index in [1.54, 1.807) is 12.1 Å². The van der Waals surface area contributed by atoms with E-state index in [9.17, 15) is 9.90 Å². The van der Waals surface area contributed by atoms with Crippen molar-refractivity contribution in [2.45, 2.75) is 26.4 Å². The largest absolute Gasteiger partial charge is 0.507 e. The van der Waals surface area contributed by atoms with Crippen LogP contribution in [0.5, 0.6) is 5.75 Å². The summed E-state index contributed by atoms with van der Waals surface area (Å²) in [6.45, 7) is 5.05. The van der Waals surface area contributed by atoms with E-state index < -0.39 is 0 Å². The molecular weight excluding hydrogens is 380 g/mol. The Hall–Kier alpha value is -2.34. The van der Waals surface area contributed by atoms with Crippen molar-refractivity contribution in [3.63, 3.8) is 0 Å². The van der Waals surface area contributed by atoms with E-state index in [0.29, 0.717) is 10.7 Å². The Balaban J connectivity index is 0.00000210. The normalized spacial score (nSPS) is 11.2. The van der Waals surface area contributed by atoms with E-state index in [0.717, 1.165) is 34.0 Å². The first kappa shape index (κ1) is 19.4. The molecule has 2 aromatic heterocycles. The van der Waals surface area contributed by atoms with Gasteiger partial charge in [-0.05, 0) is 34.7 Å². The lowest BCUT2D eigenvalue weighted by atomic mass is 9.96. The number of aromatic amines is 1. The standard InChI is InChI=1S/C21H20N2O2S.ClH/c1-12(2)22-11-13-3-5-14(6-4-13)18-17(24)8-7-16-19(18)15-9-10-26-20(15)21(25)23-16;/h3-10,12,22,24H,11H2,1-2H3,(H,23,25);1H. The van der Waals surface area contributed by atoms with Crippen LogP contribution < -0.4 is 10.9 Å². The molecule has 6 heteroatoms. The second kappa shape index (κ2) is 7.72. The summed E-state index contributed by atoms with van der Waals surface area (Å²) in [6, 6.07) is 14.0. The van der Waals surface area contributed by atoms with Crippen LogP contribution in [0, 0.1) is 0 Å². The van der Waals surface area contributed by atoms with Gasteiger partial charge >= 0.3 is 0 Å². The number of pyridine rings is 1. The molecule has 0 unspecified atom stereocenters. The first-order valence-electron chi connectivity index (χ1n) is 8.62. The molecule has 0 saturated carbocycles. The minimum atomic E-state index is -0.0887. The average molecular weight is 401 g/mol. The van der Waals surface area contributed by atoms with Gasteiger partial charge in [0.15, 0.2) is 0 Å². The van der Waals surface area contributed by atoms with E-state index in [-0.39, 0.29) is 23.7 Å². The van der Waals surface area contributed by atoms with E-state index in [2.05, 4.69) is 36.3 Å². The molecular formula is C21H21ClN2O2S. The quantitative estimate of drug-likeness (QED) is 0.450. The van der Waals surface area contributed by atoms with Crippen molar-refractivity contribution in [3.05, 3.63) is 63.8 Å². The molecule has 140 valence electrons. The number of phenolic OH excluding ortho intramolecular Hbond substituents is 1. The Morgan fingerprint density at radius 1 is 1.11 bits per heavy atom. The van der Waals surface area contributed by atoms with E-state index in [1.807, 2.05) is 23.6 Å². The van der Waals surface area contributed by atoms with Crippen LogP contribution in [-0.4, -0.2) is 16.1 Å². The Morgan fingerprint density at radius 2 is 1.85 bits per heavy atom. The van der Waals surface area contributed by atoms with Gasteiger partial charge in [0.05, 0.1) is 0 Å². The molecule has 0 aliphatic rings. The Labute approximate surface area is 167 Å². The molecule has 0 radical (unpaired) electrons. The molecule has 0 saturated heterocycles. The zero-order valence-electron chi connectivity index (χ0n) is 15.1. The molecule has 0 aliphatic carbocycles. The summed E-state index contributed by atoms with van der Waals surface area (Å²) < 4.78 is 0.683. The van der Waals surface area contributed by atoms with Crippen molar-refractivity contribution >= 4 is 44.7 Å². The Bertz CT molecular complexity index is 1150. The fourth-order valence-electron chi connectivity index (χ4n) is 3.24. The molecule has 3 N–H and O–H groups in total. The number of benzene rings is 2. The van der Waals surface area contributed by atoms with Gasteiger partial charge in [0.25, 0.3) is 5.56 Å². The van der Waals surface area contributed by atoms with Gasteiger partial charge in [-0.3, -0.25) is 4.79 Å². The van der Waals surface area contributed by atoms with Crippen LogP contribution in [0.1, 0.15) is 19.4 Å². The molecule has 4 aromatic rings. The molecule has 2 heterocycles. The number of thiophene rings is 1. The fraction of sp³-hybridized carbons (Fsp3) is 0.190. The van der Waals surface area contributed by atoms with E-state index >= 15 is 0 Å². The first-order valence-corrected chi connectivity index (χ1v) is 9.50. The van der Waals surface area contributed by atoms with Crippen molar-refractivity contribution in [1.29, 1.82) is 0 Å². The average Bonchev–Trinajstić information content (AvgIpc) is 3.12. The summed E-state index contributed by atoms with van der Waals surface area (Å²) in [6.07, 6.45) is 0. The van der Waals surface area contributed by atoms with Crippen molar-refractivity contribution in [3.8, 4) is 16.9 Å². The predicted molar refractivity (Wildman–Crippen MR) is 116 cm³/mol. The van der Waals surface area contributed by atoms with Gasteiger partial charge in [0, 0.05) is 34.4 Å². The number of halogens is 1. The third-order valence-electron chi connectivity index (χ3n) is 4.53. The Kier molecular flexibility index (Phi) is 5.56. The number of hydrogen-bond donors (Lipinski definition) is 3. The molecule has 0 amide bonds. The molecule has 0 bridgehead atoms.